The summed E-state index contributed by atoms with van der Waals surface area (Å²) < 4.78 is -0.684. The van der Waals surface area contributed by atoms with Gasteiger partial charge in [-0.05, 0) is 87.6 Å². The van der Waals surface area contributed by atoms with Crippen LogP contribution in [0.15, 0.2) is 104 Å². The van der Waals surface area contributed by atoms with Gasteiger partial charge in [0.25, 0.3) is 5.91 Å². The summed E-state index contributed by atoms with van der Waals surface area (Å²) in [5, 5.41) is 28.2. The van der Waals surface area contributed by atoms with Gasteiger partial charge in [-0.3, -0.25) is 81.2 Å². The third kappa shape index (κ3) is 27.2. The number of nitrogens with one attached hydrogen (secondary N) is 13. The fourth-order valence-corrected chi connectivity index (χ4v) is 16.3. The van der Waals surface area contributed by atoms with Gasteiger partial charge in [0.2, 0.25) is 88.6 Å². The maximum atomic E-state index is 15.9. The molecule has 126 heavy (non-hydrogen) atoms. The number of carbonyl (C=O) groups excluding carboxylic acids is 17. The molecule has 38 nitrogen and oxygen atoms in total. The summed E-state index contributed by atoms with van der Waals surface area (Å²) in [5.74, 6) is -15.4. The second-order valence-corrected chi connectivity index (χ2v) is 34.3. The summed E-state index contributed by atoms with van der Waals surface area (Å²) in [6, 6.07) is 4.60. The molecule has 0 bridgehead atoms. The number of hydrogen-bond acceptors (Lipinski definition) is 19. The number of H-pyrrole nitrogens is 3. The van der Waals surface area contributed by atoms with E-state index in [1.165, 1.54) is 73.4 Å². The topological polar surface area (TPSA) is 536 Å². The molecule has 39 heteroatoms. The lowest BCUT2D eigenvalue weighted by Crippen LogP contribution is -2.66. The minimum atomic E-state index is -1.72. The molecule has 682 valence electrons. The second kappa shape index (κ2) is 46.4. The molecular weight excluding hydrogens is 1640 g/mol. The summed E-state index contributed by atoms with van der Waals surface area (Å²) in [7, 11) is 7.06. The lowest BCUT2D eigenvalue weighted by molar-refractivity contribution is -0.832. The Labute approximate surface area is 735 Å². The Morgan fingerprint density at radius 3 is 1.71 bits per heavy atom. The molecule has 0 spiro atoms. The number of rotatable bonds is 21. The van der Waals surface area contributed by atoms with Crippen molar-refractivity contribution in [1.29, 1.82) is 0 Å². The van der Waals surface area contributed by atoms with E-state index in [4.69, 9.17) is 11.5 Å². The van der Waals surface area contributed by atoms with Crippen LogP contribution in [-0.4, -0.2) is 289 Å². The van der Waals surface area contributed by atoms with Crippen LogP contribution in [0.1, 0.15) is 135 Å². The molecular formula is C87H122N21O17S+. The monoisotopic (exact) mass is 1760 g/mol. The lowest BCUT2D eigenvalue weighted by Gasteiger charge is -2.40. The van der Waals surface area contributed by atoms with Crippen LogP contribution in [0, 0.1) is 5.92 Å². The Kier molecular flexibility index (Phi) is 36.4. The van der Waals surface area contributed by atoms with Crippen LogP contribution in [0.4, 0.5) is 0 Å². The fraction of sp³-hybridized carbons (Fsp3) is 0.517. The molecule has 13 atom stereocenters. The third-order valence-electron chi connectivity index (χ3n) is 22.7. The van der Waals surface area contributed by atoms with E-state index in [0.29, 0.717) is 64.5 Å². The Bertz CT molecular complexity index is 4880. The molecule has 3 aromatic heterocycles. The Morgan fingerprint density at radius 2 is 1.11 bits per heavy atom. The molecule has 0 aliphatic carbocycles. The number of nitrogens with two attached hydrogens (primary N) is 2. The van der Waals surface area contributed by atoms with Crippen LogP contribution < -0.4 is 64.6 Å². The number of fused-ring (bicyclic) bond motifs is 3. The number of para-hydroxylation sites is 2. The molecule has 17 N–H and O–H groups in total. The average Bonchev–Trinajstić information content (AvgIpc) is 1.02. The largest absolute Gasteiger partial charge is 0.370 e. The molecule has 3 aromatic carbocycles. The summed E-state index contributed by atoms with van der Waals surface area (Å²) >= 11 is 0.829. The number of amides is 17. The van der Waals surface area contributed by atoms with Crippen molar-refractivity contribution < 1.29 is 86.0 Å². The van der Waals surface area contributed by atoms with E-state index in [9.17, 15) is 62.3 Å². The zero-order chi connectivity index (χ0) is 92.4. The number of thioether (sulfide) groups is 1. The first kappa shape index (κ1) is 98.9. The molecule has 2 saturated heterocycles. The lowest BCUT2D eigenvalue weighted by atomic mass is 9.98. The highest BCUT2D eigenvalue weighted by atomic mass is 32.2. The fourth-order valence-electron chi connectivity index (χ4n) is 15.5. The first-order chi connectivity index (χ1) is 59.8. The number of nitrogens with zero attached hydrogens (tertiary/aromatic N) is 6. The number of carbonyl (C=O) groups is 17. The Hall–Kier alpha value is -12.6. The van der Waals surface area contributed by atoms with Crippen LogP contribution in [-0.2, 0) is 107 Å². The zero-order valence-corrected chi connectivity index (χ0v) is 74.3. The average molecular weight is 1770 g/mol. The van der Waals surface area contributed by atoms with Crippen molar-refractivity contribution in [3.8, 4) is 0 Å². The number of quaternary nitrogens is 1. The first-order valence-electron chi connectivity index (χ1n) is 42.5. The van der Waals surface area contributed by atoms with Crippen LogP contribution in [0.3, 0.4) is 0 Å². The highest BCUT2D eigenvalue weighted by molar-refractivity contribution is 8.00. The summed E-state index contributed by atoms with van der Waals surface area (Å²) in [6.45, 7) is 9.97. The molecule has 17 amide bonds. The van der Waals surface area contributed by atoms with Crippen LogP contribution in [0.2, 0.25) is 0 Å². The number of primary amides is 2. The van der Waals surface area contributed by atoms with Gasteiger partial charge in [-0.1, -0.05) is 114 Å². The normalized spacial score (nSPS) is 24.5. The number of unbranched alkanes of at least 4 members (excludes halogenated alkanes) is 2. The van der Waals surface area contributed by atoms with Gasteiger partial charge in [0, 0.05) is 112 Å². The maximum Gasteiger partial charge on any atom is 0.336 e. The van der Waals surface area contributed by atoms with Crippen molar-refractivity contribution in [2.45, 2.75) is 217 Å². The quantitative estimate of drug-likeness (QED) is 0.0415. The molecule has 5 heterocycles. The summed E-state index contributed by atoms with van der Waals surface area (Å²) in [5.41, 5.74) is 14.6. The molecule has 2 aliphatic rings. The zero-order valence-electron chi connectivity index (χ0n) is 73.5. The Balaban J connectivity index is 1.15. The molecule has 8 rings (SSSR count). The third-order valence-corrected chi connectivity index (χ3v) is 23.8. The maximum absolute atomic E-state index is 15.9. The van der Waals surface area contributed by atoms with Crippen LogP contribution in [0.25, 0.3) is 21.8 Å². The van der Waals surface area contributed by atoms with E-state index in [0.717, 1.165) is 31.8 Å². The molecule has 1 unspecified atom stereocenters. The van der Waals surface area contributed by atoms with Gasteiger partial charge in [0.1, 0.15) is 72.5 Å². The summed E-state index contributed by atoms with van der Waals surface area (Å²) in [6.07, 6.45) is 7.06. The van der Waals surface area contributed by atoms with Gasteiger partial charge in [-0.25, -0.2) is 9.78 Å². The highest BCUT2D eigenvalue weighted by Gasteiger charge is 2.49. The molecule has 0 radical (unpaired) electrons. The molecule has 2 fully saturated rings. The van der Waals surface area contributed by atoms with Gasteiger partial charge < -0.3 is 99.2 Å². The van der Waals surface area contributed by atoms with E-state index in [1.807, 2.05) is 44.2 Å². The van der Waals surface area contributed by atoms with Gasteiger partial charge in [-0.2, -0.15) is 0 Å². The van der Waals surface area contributed by atoms with Gasteiger partial charge in [0.05, 0.1) is 45.7 Å². The van der Waals surface area contributed by atoms with Crippen molar-refractivity contribution in [2.24, 2.45) is 17.4 Å². The molecule has 6 aromatic rings. The number of aromatic nitrogens is 4. The van der Waals surface area contributed by atoms with E-state index >= 15 is 19.2 Å². The minimum Gasteiger partial charge on any atom is -0.370 e. The van der Waals surface area contributed by atoms with Gasteiger partial charge in [0.15, 0.2) is 6.04 Å². The van der Waals surface area contributed by atoms with E-state index in [-0.39, 0.29) is 76.0 Å². The smallest absolute Gasteiger partial charge is 0.336 e. The molecule has 0 saturated carbocycles. The second-order valence-electron chi connectivity index (χ2n) is 33.3. The summed E-state index contributed by atoms with van der Waals surface area (Å²) in [4.78, 5) is 264. The van der Waals surface area contributed by atoms with Crippen LogP contribution in [0.5, 0.6) is 0 Å². The molecule has 2 aliphatic heterocycles. The van der Waals surface area contributed by atoms with E-state index in [2.05, 4.69) is 73.1 Å². The Morgan fingerprint density at radius 1 is 0.556 bits per heavy atom. The minimum absolute atomic E-state index is 0.00611. The van der Waals surface area contributed by atoms with Crippen molar-refractivity contribution in [3.63, 3.8) is 0 Å². The van der Waals surface area contributed by atoms with Gasteiger partial charge in [-0.15, -0.1) is 11.8 Å². The number of benzene rings is 3. The van der Waals surface area contributed by atoms with E-state index in [1.54, 1.807) is 74.8 Å². The van der Waals surface area contributed by atoms with E-state index < -0.39 is 209 Å². The van der Waals surface area contributed by atoms with Crippen molar-refractivity contribution in [1.82, 2.24) is 92.7 Å². The van der Waals surface area contributed by atoms with Crippen molar-refractivity contribution >= 4 is 134 Å². The van der Waals surface area contributed by atoms with Gasteiger partial charge >= 0.3 is 5.91 Å². The predicted molar refractivity (Wildman–Crippen MR) is 469 cm³/mol. The predicted octanol–water partition coefficient (Wildman–Crippen LogP) is -0.209. The number of likely N-dealkylation sites (N-methyl/N-ethyl adjacent to an activating group) is 4. The van der Waals surface area contributed by atoms with Crippen LogP contribution >= 0.6 is 11.8 Å². The number of imidazole rings is 1. The number of hydrogen-bond donors (Lipinski definition) is 15. The van der Waals surface area contributed by atoms with Crippen molar-refractivity contribution in [3.05, 3.63) is 126 Å². The van der Waals surface area contributed by atoms with Crippen molar-refractivity contribution in [2.75, 3.05) is 66.4 Å². The number of aromatic amines is 3. The highest BCUT2D eigenvalue weighted by Crippen LogP contribution is 2.28. The first-order valence-corrected chi connectivity index (χ1v) is 43.7. The standard InChI is InChI=1S/C87H121N21O17S/c1-13-15-31-68-81(119)96-51(6)76(114)103-67(78(116)93-44-72(89)110)46-126-47-74(112)98-64(36-53-25-18-17-19-26-53)84(122)105(9)52(7)77(115)100-65(40-71(88)109)85(123)107-34-24-32-69(107)82(120)99-62(39-56-43-90-48-94-56)80(118)101-63(35-49(3)4)83(121)104(8)45-73(111)97-61(37-54-41-91-59-29-22-20-27-57(54)59)79(117)95-50(5)75(113)102-66(38-55-42-92-60-30-23-21-28-58(55)60)87(125)108(11,12)70(33-16-14-2)86(124)106(68)10/h17-23,25-30,41-43,48-52,61-70,91-92H,13-16,24,31-40,44-47H2,1-12H3,(H14-,88,89,90,93,94,95,96,97,98,99,100,101,102,103,109,110,111,112,113,114,115,116,117,118,119,120)/p+1/t50-,51+,52+,61+,62+,63+,64+,65+,66+,67?,68+,69+,70+/m1/s1. The SMILES string of the molecule is CCCC[C@H]1C(=O)N[C@@H](C)C(=O)NC(C(=O)NCC(N)=O)CSCC(=O)N[C@@H](Cc2ccccc2)C(=O)N(C)[C@@H](C)C(=O)N[C@@H](CC(N)=O)C(=O)N2CCC[C@H]2C(=O)N[C@@H](Cc2cnc[nH]2)C(=O)N[C@@H](CC(C)C)C(=O)N(C)CC(=O)N[C@@H](Cc2c[nH]c3ccccc23)C(=O)N[C@H](C)C(=O)N[C@@H](Cc2c[nH]c3ccccc23)C(=O)[N+](C)(C)[C@@H](CCCC)C(=O)N1C.